The van der Waals surface area contributed by atoms with Gasteiger partial charge in [0.15, 0.2) is 5.69 Å². The van der Waals surface area contributed by atoms with Crippen LogP contribution in [0.1, 0.15) is 58.4 Å². The Hall–Kier alpha value is -2.68. The minimum absolute atomic E-state index is 0.0796. The fraction of sp³-hybridized carbons (Fsp3) is 0.600. The number of aromatic nitrogens is 4. The minimum atomic E-state index is -0.430. The molecule has 29 heavy (non-hydrogen) atoms. The van der Waals surface area contributed by atoms with E-state index in [1.807, 2.05) is 6.92 Å². The van der Waals surface area contributed by atoms with E-state index in [0.29, 0.717) is 50.5 Å². The van der Waals surface area contributed by atoms with Gasteiger partial charge in [0.2, 0.25) is 0 Å². The molecule has 1 amide bonds. The first-order valence-electron chi connectivity index (χ1n) is 10.2. The summed E-state index contributed by atoms with van der Waals surface area (Å²) in [6, 6.07) is 0. The van der Waals surface area contributed by atoms with Crippen molar-refractivity contribution in [1.82, 2.24) is 24.6 Å². The largest absolute Gasteiger partial charge is 0.461 e. The molecule has 0 bridgehead atoms. The number of amides is 1. The van der Waals surface area contributed by atoms with Crippen molar-refractivity contribution in [2.75, 3.05) is 26.4 Å². The molecule has 1 aliphatic heterocycles. The van der Waals surface area contributed by atoms with Crippen molar-refractivity contribution < 1.29 is 19.1 Å². The number of nitrogens with one attached hydrogen (secondary N) is 1. The molecule has 0 saturated carbocycles. The third kappa shape index (κ3) is 5.44. The van der Waals surface area contributed by atoms with Crippen LogP contribution in [-0.4, -0.2) is 57.6 Å². The topological polar surface area (TPSA) is 100 Å². The number of nitrogens with zero attached hydrogens (tertiary/aromatic N) is 4. The molecule has 0 unspecified atom stereocenters. The van der Waals surface area contributed by atoms with E-state index in [2.05, 4.69) is 15.4 Å². The zero-order valence-electron chi connectivity index (χ0n) is 17.1. The smallest absolute Gasteiger partial charge is 0.358 e. The molecule has 3 heterocycles. The second-order valence-corrected chi connectivity index (χ2v) is 7.08. The number of esters is 1. The Morgan fingerprint density at radius 1 is 1.34 bits per heavy atom. The van der Waals surface area contributed by atoms with Gasteiger partial charge >= 0.3 is 5.97 Å². The van der Waals surface area contributed by atoms with Crippen molar-refractivity contribution in [3.8, 4) is 0 Å². The Bertz CT molecular complexity index is 842. The highest BCUT2D eigenvalue weighted by molar-refractivity contribution is 5.94. The van der Waals surface area contributed by atoms with Crippen LogP contribution in [-0.2, 0) is 35.9 Å². The zero-order valence-corrected chi connectivity index (χ0v) is 17.1. The number of hydrogen-bond donors (Lipinski definition) is 1. The van der Waals surface area contributed by atoms with Crippen LogP contribution in [0.5, 0.6) is 0 Å². The first-order valence-corrected chi connectivity index (χ1v) is 10.2. The predicted octanol–water partition coefficient (Wildman–Crippen LogP) is 1.51. The minimum Gasteiger partial charge on any atom is -0.461 e. The summed E-state index contributed by atoms with van der Waals surface area (Å²) in [6.45, 7) is 4.80. The average molecular weight is 403 g/mol. The Morgan fingerprint density at radius 2 is 2.17 bits per heavy atom. The lowest BCUT2D eigenvalue weighted by Gasteiger charge is -2.08. The number of rotatable bonds is 6. The standard InChI is InChI=1S/C20H29N5O4/c1-3-25-18-15(7-4-10-28-11-6-9-21-19(18)26)16(23-25)8-5-12-29-20(27)17-13-24(2)14-22-17/h13-14H,3-12H2,1-2H3,(H,21,26). The molecule has 9 nitrogen and oxygen atoms in total. The van der Waals surface area contributed by atoms with Gasteiger partial charge in [0.1, 0.15) is 5.69 Å². The number of carbonyl (C=O) groups is 2. The van der Waals surface area contributed by atoms with E-state index in [4.69, 9.17) is 9.47 Å². The van der Waals surface area contributed by atoms with Gasteiger partial charge in [-0.15, -0.1) is 0 Å². The van der Waals surface area contributed by atoms with Crippen molar-refractivity contribution in [1.29, 1.82) is 0 Å². The maximum Gasteiger partial charge on any atom is 0.358 e. The molecule has 0 saturated heterocycles. The monoisotopic (exact) mass is 403 g/mol. The molecular weight excluding hydrogens is 374 g/mol. The van der Waals surface area contributed by atoms with Gasteiger partial charge in [-0.3, -0.25) is 9.48 Å². The molecule has 1 N–H and O–H groups in total. The lowest BCUT2D eigenvalue weighted by Crippen LogP contribution is -2.28. The van der Waals surface area contributed by atoms with Crippen LogP contribution in [0.25, 0.3) is 0 Å². The summed E-state index contributed by atoms with van der Waals surface area (Å²) in [6.07, 6.45) is 6.85. The van der Waals surface area contributed by atoms with Gasteiger partial charge < -0.3 is 19.4 Å². The van der Waals surface area contributed by atoms with Crippen molar-refractivity contribution in [2.45, 2.75) is 45.6 Å². The van der Waals surface area contributed by atoms with Crippen LogP contribution in [0.15, 0.2) is 12.5 Å². The molecule has 9 heteroatoms. The first kappa shape index (κ1) is 21.0. The summed E-state index contributed by atoms with van der Waals surface area (Å²) in [5, 5.41) is 7.63. The number of aryl methyl sites for hydroxylation is 3. The number of carbonyl (C=O) groups excluding carboxylic acids is 2. The summed E-state index contributed by atoms with van der Waals surface area (Å²) >= 11 is 0. The van der Waals surface area contributed by atoms with Gasteiger partial charge in [0, 0.05) is 45.1 Å². The Kier molecular flexibility index (Phi) is 7.40. The summed E-state index contributed by atoms with van der Waals surface area (Å²) in [5.74, 6) is -0.510. The molecule has 3 rings (SSSR count). The lowest BCUT2D eigenvalue weighted by atomic mass is 10.0. The third-order valence-electron chi connectivity index (χ3n) is 4.82. The quantitative estimate of drug-likeness (QED) is 0.580. The van der Waals surface area contributed by atoms with Crippen LogP contribution in [0, 0.1) is 0 Å². The molecule has 1 aliphatic rings. The van der Waals surface area contributed by atoms with Gasteiger partial charge in [-0.2, -0.15) is 5.10 Å². The maximum atomic E-state index is 12.7. The van der Waals surface area contributed by atoms with Crippen LogP contribution in [0.2, 0.25) is 0 Å². The number of ether oxygens (including phenoxy) is 2. The van der Waals surface area contributed by atoms with Crippen molar-refractivity contribution in [3.05, 3.63) is 35.2 Å². The van der Waals surface area contributed by atoms with Crippen molar-refractivity contribution in [3.63, 3.8) is 0 Å². The van der Waals surface area contributed by atoms with Gasteiger partial charge in [0.25, 0.3) is 5.91 Å². The summed E-state index contributed by atoms with van der Waals surface area (Å²) in [4.78, 5) is 28.7. The Labute approximate surface area is 170 Å². The van der Waals surface area contributed by atoms with Crippen molar-refractivity contribution >= 4 is 11.9 Å². The predicted molar refractivity (Wildman–Crippen MR) is 106 cm³/mol. The molecule has 0 fully saturated rings. The molecule has 0 aromatic carbocycles. The van der Waals surface area contributed by atoms with Crippen molar-refractivity contribution in [2.24, 2.45) is 7.05 Å². The average Bonchev–Trinajstić information content (AvgIpc) is 3.29. The van der Waals surface area contributed by atoms with E-state index in [1.165, 1.54) is 0 Å². The summed E-state index contributed by atoms with van der Waals surface area (Å²) in [5.41, 5.74) is 2.82. The van der Waals surface area contributed by atoms with Crippen LogP contribution in [0.3, 0.4) is 0 Å². The lowest BCUT2D eigenvalue weighted by molar-refractivity contribution is 0.0493. The van der Waals surface area contributed by atoms with Gasteiger partial charge in [-0.1, -0.05) is 0 Å². The molecule has 2 aromatic rings. The molecule has 0 aliphatic carbocycles. The number of fused-ring (bicyclic) bond motifs is 1. The third-order valence-corrected chi connectivity index (χ3v) is 4.82. The highest BCUT2D eigenvalue weighted by Gasteiger charge is 2.23. The molecule has 2 aromatic heterocycles. The summed E-state index contributed by atoms with van der Waals surface area (Å²) in [7, 11) is 1.80. The van der Waals surface area contributed by atoms with Gasteiger partial charge in [-0.05, 0) is 39.0 Å². The van der Waals surface area contributed by atoms with Gasteiger partial charge in [0.05, 0.1) is 18.6 Å². The SMILES string of the molecule is CCn1nc(CCCOC(=O)c2cn(C)cn2)c2c1C(=O)NCCCOCCC2. The van der Waals surface area contributed by atoms with Crippen LogP contribution < -0.4 is 5.32 Å². The Balaban J connectivity index is 1.65. The van der Waals surface area contributed by atoms with Crippen LogP contribution in [0.4, 0.5) is 0 Å². The maximum absolute atomic E-state index is 12.7. The molecule has 0 atom stereocenters. The highest BCUT2D eigenvalue weighted by Crippen LogP contribution is 2.19. The fourth-order valence-electron chi connectivity index (χ4n) is 3.40. The van der Waals surface area contributed by atoms with Crippen LogP contribution >= 0.6 is 0 Å². The molecule has 158 valence electrons. The van der Waals surface area contributed by atoms with E-state index in [-0.39, 0.29) is 12.5 Å². The molecule has 0 radical (unpaired) electrons. The Morgan fingerprint density at radius 3 is 2.93 bits per heavy atom. The van der Waals surface area contributed by atoms with E-state index in [1.54, 1.807) is 28.8 Å². The van der Waals surface area contributed by atoms with E-state index in [9.17, 15) is 9.59 Å². The van der Waals surface area contributed by atoms with E-state index < -0.39 is 5.97 Å². The summed E-state index contributed by atoms with van der Waals surface area (Å²) < 4.78 is 14.4. The normalized spacial score (nSPS) is 15.3. The fourth-order valence-corrected chi connectivity index (χ4v) is 3.40. The highest BCUT2D eigenvalue weighted by atomic mass is 16.5. The van der Waals surface area contributed by atoms with E-state index in [0.717, 1.165) is 30.5 Å². The molecule has 0 spiro atoms. The second-order valence-electron chi connectivity index (χ2n) is 7.08. The number of imidazole rings is 1. The second kappa shape index (κ2) is 10.2. The molecular formula is C20H29N5O4. The van der Waals surface area contributed by atoms with E-state index >= 15 is 0 Å². The number of hydrogen-bond acceptors (Lipinski definition) is 6. The zero-order chi connectivity index (χ0) is 20.6. The van der Waals surface area contributed by atoms with Gasteiger partial charge in [-0.25, -0.2) is 9.78 Å². The first-order chi connectivity index (χ1) is 14.1.